The topological polar surface area (TPSA) is 101 Å². The molecule has 2 aromatic heterocycles. The van der Waals surface area contributed by atoms with Crippen LogP contribution in [-0.4, -0.2) is 27.2 Å². The second kappa shape index (κ2) is 9.12. The summed E-state index contributed by atoms with van der Waals surface area (Å²) < 4.78 is 82.2. The monoisotopic (exact) mass is 489 g/mol. The summed E-state index contributed by atoms with van der Waals surface area (Å²) in [6.45, 7) is 1.73. The summed E-state index contributed by atoms with van der Waals surface area (Å²) >= 11 is 0. The molecule has 0 unspecified atom stereocenters. The second-order valence-electron chi connectivity index (χ2n) is 7.20. The Labute approximate surface area is 194 Å². The van der Waals surface area contributed by atoms with Gasteiger partial charge in [-0.15, -0.1) is 0 Å². The number of halogens is 5. The number of nitrogens with one attached hydrogen (secondary N) is 2. The molecule has 35 heavy (non-hydrogen) atoms. The van der Waals surface area contributed by atoms with Crippen LogP contribution in [0.15, 0.2) is 53.2 Å². The van der Waals surface area contributed by atoms with Crippen LogP contribution in [0.1, 0.15) is 23.7 Å². The average molecular weight is 489 g/mol. The van der Waals surface area contributed by atoms with E-state index in [1.165, 1.54) is 18.2 Å². The molecular formula is C23H16F5N5O2. The van der Waals surface area contributed by atoms with Crippen molar-refractivity contribution in [3.63, 3.8) is 0 Å². The minimum absolute atomic E-state index is 0.0895. The van der Waals surface area contributed by atoms with E-state index in [-0.39, 0.29) is 11.3 Å². The zero-order valence-corrected chi connectivity index (χ0v) is 18.0. The van der Waals surface area contributed by atoms with E-state index in [9.17, 15) is 22.0 Å². The molecule has 0 fully saturated rings. The van der Waals surface area contributed by atoms with E-state index < -0.39 is 52.0 Å². The Morgan fingerprint density at radius 2 is 1.83 bits per heavy atom. The van der Waals surface area contributed by atoms with Crippen molar-refractivity contribution in [2.24, 2.45) is 0 Å². The minimum Gasteiger partial charge on any atom is -0.428 e. The first kappa shape index (κ1) is 23.8. The Bertz CT molecular complexity index is 1420. The van der Waals surface area contributed by atoms with Crippen molar-refractivity contribution in [1.29, 1.82) is 10.8 Å². The lowest BCUT2D eigenvalue weighted by Crippen LogP contribution is -2.16. The van der Waals surface area contributed by atoms with Crippen LogP contribution in [0.3, 0.4) is 0 Å². The van der Waals surface area contributed by atoms with E-state index in [1.807, 2.05) is 0 Å². The third-order valence-electron chi connectivity index (χ3n) is 5.18. The third-order valence-corrected chi connectivity index (χ3v) is 5.18. The fourth-order valence-electron chi connectivity index (χ4n) is 3.70. The Morgan fingerprint density at radius 1 is 1.11 bits per heavy atom. The van der Waals surface area contributed by atoms with Crippen molar-refractivity contribution in [2.75, 3.05) is 0 Å². The van der Waals surface area contributed by atoms with Crippen molar-refractivity contribution in [3.8, 4) is 28.3 Å². The molecule has 0 aliphatic heterocycles. The van der Waals surface area contributed by atoms with Crippen LogP contribution in [0.5, 0.6) is 0 Å². The maximum atomic E-state index is 14.8. The molecular weight excluding hydrogens is 473 g/mol. The molecule has 2 heterocycles. The summed E-state index contributed by atoms with van der Waals surface area (Å²) in [4.78, 5) is 0. The van der Waals surface area contributed by atoms with Gasteiger partial charge in [-0.05, 0) is 30.2 Å². The summed E-state index contributed by atoms with van der Waals surface area (Å²) in [5.41, 5.74) is -2.90. The van der Waals surface area contributed by atoms with Crippen LogP contribution in [-0.2, 0) is 17.3 Å². The van der Waals surface area contributed by atoms with Crippen molar-refractivity contribution in [2.45, 2.75) is 19.5 Å². The summed E-state index contributed by atoms with van der Waals surface area (Å²) in [7, 11) is 0. The fraction of sp³-hybridized carbons (Fsp3) is 0.130. The van der Waals surface area contributed by atoms with Gasteiger partial charge in [-0.25, -0.2) is 13.5 Å². The molecule has 2 N–H and O–H groups in total. The predicted octanol–water partition coefficient (Wildman–Crippen LogP) is 6.00. The van der Waals surface area contributed by atoms with Crippen LogP contribution < -0.4 is 0 Å². The number of nitrogens with zero attached hydrogens (tertiary/aromatic N) is 3. The molecule has 4 aromatic rings. The van der Waals surface area contributed by atoms with Gasteiger partial charge in [0.05, 0.1) is 11.8 Å². The molecule has 12 heteroatoms. The SMILES string of the molecule is CCc1cccc(F)c1-c1noc(-c2cnn(-c3ccccc3F)c2C(F)(F)F)c1C(=N)OC=N. The molecule has 0 atom stereocenters. The number of ether oxygens (including phenoxy) is 1. The molecule has 0 aliphatic rings. The zero-order chi connectivity index (χ0) is 25.3. The number of rotatable bonds is 6. The normalized spacial score (nSPS) is 11.5. The number of alkyl halides is 3. The highest BCUT2D eigenvalue weighted by molar-refractivity contribution is 6.05. The Kier molecular flexibility index (Phi) is 6.20. The number of hydrogen-bond acceptors (Lipinski definition) is 6. The fourth-order valence-corrected chi connectivity index (χ4v) is 3.70. The van der Waals surface area contributed by atoms with E-state index in [0.29, 0.717) is 23.1 Å². The quantitative estimate of drug-likeness (QED) is 0.197. The van der Waals surface area contributed by atoms with E-state index in [0.717, 1.165) is 24.4 Å². The number of benzene rings is 2. The van der Waals surface area contributed by atoms with Gasteiger partial charge in [-0.1, -0.05) is 36.3 Å². The largest absolute Gasteiger partial charge is 0.434 e. The van der Waals surface area contributed by atoms with Crippen LogP contribution >= 0.6 is 0 Å². The van der Waals surface area contributed by atoms with Crippen molar-refractivity contribution < 1.29 is 31.2 Å². The Morgan fingerprint density at radius 3 is 2.49 bits per heavy atom. The van der Waals surface area contributed by atoms with Crippen molar-refractivity contribution in [1.82, 2.24) is 14.9 Å². The number of aromatic nitrogens is 3. The van der Waals surface area contributed by atoms with Gasteiger partial charge >= 0.3 is 6.18 Å². The van der Waals surface area contributed by atoms with Gasteiger partial charge in [0, 0.05) is 5.56 Å². The molecule has 0 saturated carbocycles. The summed E-state index contributed by atoms with van der Waals surface area (Å²) in [5, 5.41) is 22.8. The third kappa shape index (κ3) is 4.18. The molecule has 0 aliphatic carbocycles. The van der Waals surface area contributed by atoms with Gasteiger partial charge < -0.3 is 9.26 Å². The second-order valence-corrected chi connectivity index (χ2v) is 7.20. The smallest absolute Gasteiger partial charge is 0.428 e. The minimum atomic E-state index is -5.05. The molecule has 0 saturated heterocycles. The lowest BCUT2D eigenvalue weighted by atomic mass is 9.96. The molecule has 0 bridgehead atoms. The van der Waals surface area contributed by atoms with Gasteiger partial charge in [0.25, 0.3) is 0 Å². The number of hydrogen-bond donors (Lipinski definition) is 2. The van der Waals surface area contributed by atoms with Crippen LogP contribution in [0, 0.1) is 22.5 Å². The maximum Gasteiger partial charge on any atom is 0.434 e. The Hall–Kier alpha value is -4.35. The zero-order valence-electron chi connectivity index (χ0n) is 18.0. The molecule has 2 aromatic carbocycles. The number of para-hydroxylation sites is 1. The van der Waals surface area contributed by atoms with E-state index in [4.69, 9.17) is 20.1 Å². The van der Waals surface area contributed by atoms with E-state index >= 15 is 0 Å². The summed E-state index contributed by atoms with van der Waals surface area (Å²) in [5.74, 6) is -3.11. The van der Waals surface area contributed by atoms with E-state index in [1.54, 1.807) is 13.0 Å². The van der Waals surface area contributed by atoms with Gasteiger partial charge in [0.1, 0.15) is 28.6 Å². The van der Waals surface area contributed by atoms with Crippen LogP contribution in [0.25, 0.3) is 28.3 Å². The molecule has 180 valence electrons. The lowest BCUT2D eigenvalue weighted by Gasteiger charge is -2.13. The molecule has 0 radical (unpaired) electrons. The highest BCUT2D eigenvalue weighted by Crippen LogP contribution is 2.42. The first-order chi connectivity index (χ1) is 16.7. The maximum absolute atomic E-state index is 14.8. The summed E-state index contributed by atoms with van der Waals surface area (Å²) in [6, 6.07) is 8.93. The average Bonchev–Trinajstić information content (AvgIpc) is 3.43. The van der Waals surface area contributed by atoms with Gasteiger partial charge in [-0.2, -0.15) is 18.3 Å². The van der Waals surface area contributed by atoms with Crippen LogP contribution in [0.2, 0.25) is 0 Å². The predicted molar refractivity (Wildman–Crippen MR) is 115 cm³/mol. The molecule has 0 spiro atoms. The first-order valence-corrected chi connectivity index (χ1v) is 10.1. The lowest BCUT2D eigenvalue weighted by molar-refractivity contribution is -0.142. The number of aryl methyl sites for hydroxylation is 1. The van der Waals surface area contributed by atoms with Gasteiger partial charge in [-0.3, -0.25) is 10.8 Å². The van der Waals surface area contributed by atoms with Crippen molar-refractivity contribution in [3.05, 3.63) is 77.1 Å². The van der Waals surface area contributed by atoms with E-state index in [2.05, 4.69) is 10.3 Å². The first-order valence-electron chi connectivity index (χ1n) is 10.1. The standard InChI is InChI=1S/C23H16F5N5O2/c1-2-12-6-5-8-15(25)17(12)19-18(22(30)34-11-29)20(35-32-19)13-10-31-33(21(13)23(26,27)28)16-9-4-3-7-14(16)24/h3-11,29-30H,2H2,1H3. The molecule has 7 nitrogen and oxygen atoms in total. The molecule has 0 amide bonds. The van der Waals surface area contributed by atoms with Crippen LogP contribution in [0.4, 0.5) is 22.0 Å². The van der Waals surface area contributed by atoms with Crippen molar-refractivity contribution >= 4 is 12.3 Å². The van der Waals surface area contributed by atoms with Gasteiger partial charge in [0.2, 0.25) is 5.90 Å². The summed E-state index contributed by atoms with van der Waals surface area (Å²) in [6.07, 6.45) is -3.54. The highest BCUT2D eigenvalue weighted by atomic mass is 19.4. The van der Waals surface area contributed by atoms with Gasteiger partial charge in [0.15, 0.2) is 17.9 Å². The highest BCUT2D eigenvalue weighted by Gasteiger charge is 2.42. The molecule has 4 rings (SSSR count). The Balaban J connectivity index is 2.03.